The Morgan fingerprint density at radius 2 is 1.83 bits per heavy atom. The third kappa shape index (κ3) is 4.65. The van der Waals surface area contributed by atoms with E-state index in [9.17, 15) is 14.0 Å². The van der Waals surface area contributed by atoms with Crippen molar-refractivity contribution in [3.8, 4) is 0 Å². The number of halogens is 1. The average Bonchev–Trinajstić information content (AvgIpc) is 3.49. The molecule has 0 unspecified atom stereocenters. The number of rotatable bonds is 8. The highest BCUT2D eigenvalue weighted by Gasteiger charge is 2.33. The number of amides is 1. The minimum absolute atomic E-state index is 0.104. The Morgan fingerprint density at radius 1 is 1.07 bits per heavy atom. The van der Waals surface area contributed by atoms with Gasteiger partial charge >= 0.3 is 5.97 Å². The van der Waals surface area contributed by atoms with Crippen LogP contribution in [0.1, 0.15) is 30.4 Å². The van der Waals surface area contributed by atoms with Crippen molar-refractivity contribution in [3.63, 3.8) is 0 Å². The molecule has 0 spiro atoms. The average molecular weight is 394 g/mol. The summed E-state index contributed by atoms with van der Waals surface area (Å²) in [5.41, 5.74) is 2.54. The van der Waals surface area contributed by atoms with Crippen LogP contribution < -0.4 is 0 Å². The van der Waals surface area contributed by atoms with Crippen molar-refractivity contribution in [2.24, 2.45) is 0 Å². The van der Waals surface area contributed by atoms with Gasteiger partial charge in [-0.2, -0.15) is 0 Å². The lowest BCUT2D eigenvalue weighted by molar-refractivity contribution is -0.152. The quantitative estimate of drug-likeness (QED) is 0.588. The van der Waals surface area contributed by atoms with Gasteiger partial charge in [0.2, 0.25) is 0 Å². The van der Waals surface area contributed by atoms with Gasteiger partial charge in [-0.25, -0.2) is 4.39 Å². The fourth-order valence-corrected chi connectivity index (χ4v) is 3.49. The van der Waals surface area contributed by atoms with E-state index < -0.39 is 5.97 Å². The van der Waals surface area contributed by atoms with Crippen molar-refractivity contribution in [1.82, 2.24) is 9.88 Å². The Morgan fingerprint density at radius 3 is 2.62 bits per heavy atom. The van der Waals surface area contributed by atoms with Crippen molar-refractivity contribution in [2.75, 3.05) is 6.61 Å². The van der Waals surface area contributed by atoms with Crippen LogP contribution in [0.3, 0.4) is 0 Å². The molecule has 0 saturated heterocycles. The fraction of sp³-hybridized carbons (Fsp3) is 0.304. The molecule has 5 nitrogen and oxygen atoms in total. The van der Waals surface area contributed by atoms with Crippen LogP contribution in [0, 0.1) is 5.82 Å². The molecule has 0 aliphatic heterocycles. The summed E-state index contributed by atoms with van der Waals surface area (Å²) < 4.78 is 19.1. The number of aromatic amines is 1. The lowest BCUT2D eigenvalue weighted by Gasteiger charge is -2.22. The van der Waals surface area contributed by atoms with E-state index in [-0.39, 0.29) is 37.3 Å². The molecule has 1 heterocycles. The van der Waals surface area contributed by atoms with Gasteiger partial charge in [0, 0.05) is 41.7 Å². The molecule has 6 heteroatoms. The molecule has 3 aromatic rings. The lowest BCUT2D eigenvalue weighted by Crippen LogP contribution is -2.36. The summed E-state index contributed by atoms with van der Waals surface area (Å²) in [7, 11) is 0. The van der Waals surface area contributed by atoms with Crippen LogP contribution in [0.15, 0.2) is 54.7 Å². The highest BCUT2D eigenvalue weighted by molar-refractivity contribution is 5.84. The highest BCUT2D eigenvalue weighted by Crippen LogP contribution is 2.29. The Balaban J connectivity index is 1.29. The number of ether oxygens (including phenoxy) is 1. The summed E-state index contributed by atoms with van der Waals surface area (Å²) in [6, 6.07) is 14.4. The number of aromatic nitrogens is 1. The van der Waals surface area contributed by atoms with E-state index in [1.807, 2.05) is 30.5 Å². The van der Waals surface area contributed by atoms with Crippen LogP contribution in [0.4, 0.5) is 4.39 Å². The molecule has 4 rings (SSSR count). The predicted molar refractivity (Wildman–Crippen MR) is 108 cm³/mol. The molecule has 1 N–H and O–H groups in total. The van der Waals surface area contributed by atoms with Crippen LogP contribution >= 0.6 is 0 Å². The second-order valence-corrected chi connectivity index (χ2v) is 7.36. The first-order chi connectivity index (χ1) is 14.1. The second kappa shape index (κ2) is 8.47. The third-order valence-electron chi connectivity index (χ3n) is 5.24. The number of H-pyrrole nitrogens is 1. The normalized spacial score (nSPS) is 13.4. The van der Waals surface area contributed by atoms with E-state index in [4.69, 9.17) is 4.74 Å². The van der Waals surface area contributed by atoms with Crippen molar-refractivity contribution < 1.29 is 18.7 Å². The van der Waals surface area contributed by atoms with E-state index >= 15 is 0 Å². The number of carbonyl (C=O) groups is 2. The molecule has 0 radical (unpaired) electrons. The molecule has 1 amide bonds. The largest absolute Gasteiger partial charge is 0.456 e. The number of fused-ring (bicyclic) bond motifs is 1. The number of hydrogen-bond donors (Lipinski definition) is 1. The zero-order valence-corrected chi connectivity index (χ0v) is 16.1. The Bertz CT molecular complexity index is 1030. The number of aryl methyl sites for hydroxylation is 1. The van der Waals surface area contributed by atoms with Gasteiger partial charge in [-0.1, -0.05) is 36.4 Å². The smallest absolute Gasteiger partial charge is 0.306 e. The fourth-order valence-electron chi connectivity index (χ4n) is 3.49. The van der Waals surface area contributed by atoms with Gasteiger partial charge in [-0.15, -0.1) is 0 Å². The van der Waals surface area contributed by atoms with E-state index in [0.717, 1.165) is 29.3 Å². The van der Waals surface area contributed by atoms with Crippen LogP contribution in [0.25, 0.3) is 10.9 Å². The van der Waals surface area contributed by atoms with Gasteiger partial charge < -0.3 is 14.6 Å². The summed E-state index contributed by atoms with van der Waals surface area (Å²) >= 11 is 0. The maximum absolute atomic E-state index is 13.9. The molecule has 0 atom stereocenters. The van der Waals surface area contributed by atoms with E-state index in [0.29, 0.717) is 12.0 Å². The number of nitrogens with one attached hydrogen (secondary N) is 1. The standard InChI is InChI=1S/C23H23FN2O3/c24-20-7-3-1-5-17(20)14-26(18-10-11-18)22(27)15-29-23(28)12-9-16-13-25-21-8-4-2-6-19(16)21/h1-8,13,18,25H,9-12,14-15H2. The van der Waals surface area contributed by atoms with Crippen molar-refractivity contribution >= 4 is 22.8 Å². The molecule has 29 heavy (non-hydrogen) atoms. The van der Waals surface area contributed by atoms with Crippen LogP contribution in [0.5, 0.6) is 0 Å². The number of para-hydroxylation sites is 1. The first-order valence-electron chi connectivity index (χ1n) is 9.85. The minimum atomic E-state index is -0.412. The summed E-state index contributed by atoms with van der Waals surface area (Å²) in [4.78, 5) is 29.5. The maximum atomic E-state index is 13.9. The number of benzene rings is 2. The Kier molecular flexibility index (Phi) is 5.60. The first-order valence-corrected chi connectivity index (χ1v) is 9.85. The molecule has 1 aliphatic carbocycles. The van der Waals surface area contributed by atoms with Crippen molar-refractivity contribution in [3.05, 3.63) is 71.7 Å². The van der Waals surface area contributed by atoms with Gasteiger partial charge in [0.1, 0.15) is 5.82 Å². The monoisotopic (exact) mass is 394 g/mol. The molecule has 1 aliphatic rings. The summed E-state index contributed by atoms with van der Waals surface area (Å²) in [6.45, 7) is -0.110. The Hall–Kier alpha value is -3.15. The van der Waals surface area contributed by atoms with E-state index in [2.05, 4.69) is 4.98 Å². The first kappa shape index (κ1) is 19.2. The van der Waals surface area contributed by atoms with Crippen LogP contribution in [0.2, 0.25) is 0 Å². The van der Waals surface area contributed by atoms with E-state index in [1.54, 1.807) is 23.1 Å². The molecular weight excluding hydrogens is 371 g/mol. The van der Waals surface area contributed by atoms with Gasteiger partial charge in [0.05, 0.1) is 0 Å². The van der Waals surface area contributed by atoms with Gasteiger partial charge in [-0.05, 0) is 37.0 Å². The summed E-state index contributed by atoms with van der Waals surface area (Å²) in [5.74, 6) is -1.02. The van der Waals surface area contributed by atoms with Gasteiger partial charge in [-0.3, -0.25) is 9.59 Å². The van der Waals surface area contributed by atoms with Crippen LogP contribution in [-0.4, -0.2) is 34.4 Å². The third-order valence-corrected chi connectivity index (χ3v) is 5.24. The topological polar surface area (TPSA) is 62.4 Å². The van der Waals surface area contributed by atoms with Crippen molar-refractivity contribution in [1.29, 1.82) is 0 Å². The Labute approximate surface area is 168 Å². The number of esters is 1. The SMILES string of the molecule is O=C(CCc1c[nH]c2ccccc12)OCC(=O)N(Cc1ccccc1F)C1CC1. The maximum Gasteiger partial charge on any atom is 0.306 e. The lowest BCUT2D eigenvalue weighted by atomic mass is 10.1. The number of carbonyl (C=O) groups excluding carboxylic acids is 2. The molecule has 2 aromatic carbocycles. The highest BCUT2D eigenvalue weighted by atomic mass is 19.1. The number of nitrogens with zero attached hydrogens (tertiary/aromatic N) is 1. The molecule has 1 fully saturated rings. The predicted octanol–water partition coefficient (Wildman–Crippen LogP) is 3.97. The summed E-state index contributed by atoms with van der Waals surface area (Å²) in [5, 5.41) is 1.08. The van der Waals surface area contributed by atoms with Gasteiger partial charge in [0.15, 0.2) is 6.61 Å². The van der Waals surface area contributed by atoms with Gasteiger partial charge in [0.25, 0.3) is 5.91 Å². The molecule has 150 valence electrons. The van der Waals surface area contributed by atoms with E-state index in [1.165, 1.54) is 6.07 Å². The molecular formula is C23H23FN2O3. The molecule has 1 aromatic heterocycles. The molecule has 0 bridgehead atoms. The minimum Gasteiger partial charge on any atom is -0.456 e. The zero-order valence-electron chi connectivity index (χ0n) is 16.1. The summed E-state index contributed by atoms with van der Waals surface area (Å²) in [6.07, 6.45) is 4.43. The van der Waals surface area contributed by atoms with Crippen LogP contribution in [-0.2, 0) is 27.3 Å². The van der Waals surface area contributed by atoms with Crippen molar-refractivity contribution in [2.45, 2.75) is 38.3 Å². The molecule has 1 saturated carbocycles. The second-order valence-electron chi connectivity index (χ2n) is 7.36. The number of hydrogen-bond acceptors (Lipinski definition) is 3. The zero-order chi connectivity index (χ0) is 20.2.